The molecule has 100 valence electrons. The van der Waals surface area contributed by atoms with Crippen LogP contribution >= 0.6 is 0 Å². The molecule has 2 nitrogen and oxygen atoms in total. The lowest BCUT2D eigenvalue weighted by molar-refractivity contribution is -0.0711. The van der Waals surface area contributed by atoms with Crippen LogP contribution < -0.4 is 5.32 Å². The lowest BCUT2D eigenvalue weighted by Crippen LogP contribution is -2.57. The Morgan fingerprint density at radius 1 is 1.18 bits per heavy atom. The lowest BCUT2D eigenvalue weighted by Gasteiger charge is -2.47. The van der Waals surface area contributed by atoms with E-state index >= 15 is 0 Å². The van der Waals surface area contributed by atoms with Crippen LogP contribution in [0.1, 0.15) is 59.3 Å². The van der Waals surface area contributed by atoms with Crippen molar-refractivity contribution >= 4 is 0 Å². The molecule has 0 bridgehead atoms. The van der Waals surface area contributed by atoms with Crippen molar-refractivity contribution in [2.24, 2.45) is 17.8 Å². The van der Waals surface area contributed by atoms with Gasteiger partial charge in [-0.2, -0.15) is 0 Å². The third-order valence-corrected chi connectivity index (χ3v) is 4.95. The molecular weight excluding hydrogens is 210 g/mol. The van der Waals surface area contributed by atoms with Crippen LogP contribution in [0.2, 0.25) is 0 Å². The molecule has 2 aliphatic rings. The van der Waals surface area contributed by atoms with Crippen molar-refractivity contribution in [1.29, 1.82) is 0 Å². The SMILES string of the molecule is CCC1CCNC(C2(O)CC(C)CC(C)C2)C1. The Balaban J connectivity index is 2.03. The van der Waals surface area contributed by atoms with Gasteiger partial charge in [0.2, 0.25) is 0 Å². The second-order valence-corrected chi connectivity index (χ2v) is 6.76. The summed E-state index contributed by atoms with van der Waals surface area (Å²) in [7, 11) is 0. The molecule has 2 N–H and O–H groups in total. The topological polar surface area (TPSA) is 32.3 Å². The number of aliphatic hydroxyl groups is 1. The lowest BCUT2D eigenvalue weighted by atomic mass is 9.68. The molecule has 0 amide bonds. The van der Waals surface area contributed by atoms with Crippen molar-refractivity contribution in [3.8, 4) is 0 Å². The molecule has 0 aromatic heterocycles. The largest absolute Gasteiger partial charge is 0.388 e. The van der Waals surface area contributed by atoms with E-state index in [0.29, 0.717) is 17.9 Å². The van der Waals surface area contributed by atoms with E-state index in [-0.39, 0.29) is 0 Å². The van der Waals surface area contributed by atoms with Gasteiger partial charge in [0.1, 0.15) is 0 Å². The van der Waals surface area contributed by atoms with Gasteiger partial charge < -0.3 is 10.4 Å². The Hall–Kier alpha value is -0.0800. The highest BCUT2D eigenvalue weighted by Gasteiger charge is 2.43. The molecule has 1 saturated carbocycles. The zero-order valence-electron chi connectivity index (χ0n) is 11.7. The number of nitrogens with one attached hydrogen (secondary N) is 1. The first-order chi connectivity index (χ1) is 8.03. The molecule has 2 fully saturated rings. The fraction of sp³-hybridized carbons (Fsp3) is 1.00. The Morgan fingerprint density at radius 3 is 2.41 bits per heavy atom. The van der Waals surface area contributed by atoms with Crippen molar-refractivity contribution < 1.29 is 5.11 Å². The van der Waals surface area contributed by atoms with E-state index in [0.717, 1.165) is 25.3 Å². The standard InChI is InChI=1S/C15H29NO/c1-4-13-5-6-16-14(8-13)15(17)9-11(2)7-12(3)10-15/h11-14,16-17H,4-10H2,1-3H3. The second kappa shape index (κ2) is 5.27. The van der Waals surface area contributed by atoms with Gasteiger partial charge in [-0.3, -0.25) is 0 Å². The zero-order chi connectivity index (χ0) is 12.5. The van der Waals surface area contributed by atoms with Crippen LogP contribution in [0, 0.1) is 17.8 Å². The Kier molecular flexibility index (Phi) is 4.14. The Morgan fingerprint density at radius 2 is 1.82 bits per heavy atom. The second-order valence-electron chi connectivity index (χ2n) is 6.76. The quantitative estimate of drug-likeness (QED) is 0.776. The summed E-state index contributed by atoms with van der Waals surface area (Å²) in [6.07, 6.45) is 6.99. The van der Waals surface area contributed by atoms with Gasteiger partial charge >= 0.3 is 0 Å². The minimum Gasteiger partial charge on any atom is -0.388 e. The summed E-state index contributed by atoms with van der Waals surface area (Å²) >= 11 is 0. The maximum atomic E-state index is 11.0. The highest BCUT2D eigenvalue weighted by Crippen LogP contribution is 2.40. The highest BCUT2D eigenvalue weighted by molar-refractivity contribution is 4.99. The average molecular weight is 239 g/mol. The Bertz CT molecular complexity index is 243. The van der Waals surface area contributed by atoms with E-state index in [1.165, 1.54) is 25.7 Å². The van der Waals surface area contributed by atoms with E-state index in [4.69, 9.17) is 0 Å². The average Bonchev–Trinajstić information content (AvgIpc) is 2.27. The van der Waals surface area contributed by atoms with Crippen LogP contribution in [0.25, 0.3) is 0 Å². The third-order valence-electron chi connectivity index (χ3n) is 4.95. The minimum absolute atomic E-state index is 0.339. The molecule has 1 aliphatic heterocycles. The van der Waals surface area contributed by atoms with E-state index in [1.54, 1.807) is 0 Å². The molecule has 0 aromatic carbocycles. The molecular formula is C15H29NO. The maximum Gasteiger partial charge on any atom is 0.0805 e. The van der Waals surface area contributed by atoms with Crippen LogP contribution in [0.15, 0.2) is 0 Å². The first-order valence-corrected chi connectivity index (χ1v) is 7.49. The Labute approximate surface area is 106 Å². The smallest absolute Gasteiger partial charge is 0.0805 e. The van der Waals surface area contributed by atoms with E-state index in [1.807, 2.05) is 0 Å². The van der Waals surface area contributed by atoms with Crippen molar-refractivity contribution in [3.63, 3.8) is 0 Å². The van der Waals surface area contributed by atoms with Gasteiger partial charge in [-0.25, -0.2) is 0 Å². The normalized spacial score (nSPS) is 48.0. The van der Waals surface area contributed by atoms with E-state index < -0.39 is 5.60 Å². The van der Waals surface area contributed by atoms with Gasteiger partial charge in [0, 0.05) is 6.04 Å². The summed E-state index contributed by atoms with van der Waals surface area (Å²) in [5, 5.41) is 14.6. The molecule has 1 aliphatic carbocycles. The molecule has 17 heavy (non-hydrogen) atoms. The monoisotopic (exact) mass is 239 g/mol. The summed E-state index contributed by atoms with van der Waals surface area (Å²) in [5.74, 6) is 2.16. The maximum absolute atomic E-state index is 11.0. The fourth-order valence-electron chi connectivity index (χ4n) is 4.20. The molecule has 1 heterocycles. The van der Waals surface area contributed by atoms with Crippen LogP contribution in [0.3, 0.4) is 0 Å². The summed E-state index contributed by atoms with van der Waals surface area (Å²) in [4.78, 5) is 0. The summed E-state index contributed by atoms with van der Waals surface area (Å²) in [6, 6.07) is 0.339. The summed E-state index contributed by atoms with van der Waals surface area (Å²) in [5.41, 5.74) is -0.440. The van der Waals surface area contributed by atoms with Crippen molar-refractivity contribution in [2.75, 3.05) is 6.54 Å². The molecule has 0 spiro atoms. The van der Waals surface area contributed by atoms with Gasteiger partial charge in [0.15, 0.2) is 0 Å². The molecule has 2 rings (SSSR count). The number of hydrogen-bond acceptors (Lipinski definition) is 2. The van der Waals surface area contributed by atoms with Crippen LogP contribution in [-0.2, 0) is 0 Å². The molecule has 4 atom stereocenters. The van der Waals surface area contributed by atoms with Gasteiger partial charge in [-0.05, 0) is 56.4 Å². The van der Waals surface area contributed by atoms with Crippen LogP contribution in [0.5, 0.6) is 0 Å². The van der Waals surface area contributed by atoms with Crippen molar-refractivity contribution in [3.05, 3.63) is 0 Å². The number of rotatable bonds is 2. The molecule has 2 heteroatoms. The predicted molar refractivity (Wildman–Crippen MR) is 71.9 cm³/mol. The molecule has 0 radical (unpaired) electrons. The third kappa shape index (κ3) is 3.03. The van der Waals surface area contributed by atoms with Gasteiger partial charge in [-0.15, -0.1) is 0 Å². The first-order valence-electron chi connectivity index (χ1n) is 7.49. The van der Waals surface area contributed by atoms with Crippen LogP contribution in [-0.4, -0.2) is 23.3 Å². The summed E-state index contributed by atoms with van der Waals surface area (Å²) < 4.78 is 0. The van der Waals surface area contributed by atoms with Crippen molar-refractivity contribution in [2.45, 2.75) is 70.9 Å². The highest BCUT2D eigenvalue weighted by atomic mass is 16.3. The fourth-order valence-corrected chi connectivity index (χ4v) is 4.20. The zero-order valence-corrected chi connectivity index (χ0v) is 11.7. The van der Waals surface area contributed by atoms with Gasteiger partial charge in [0.25, 0.3) is 0 Å². The molecule has 0 aromatic rings. The van der Waals surface area contributed by atoms with E-state index in [2.05, 4.69) is 26.1 Å². The van der Waals surface area contributed by atoms with E-state index in [9.17, 15) is 5.11 Å². The predicted octanol–water partition coefficient (Wildman–Crippen LogP) is 2.95. The first kappa shape index (κ1) is 13.4. The number of piperidine rings is 1. The summed E-state index contributed by atoms with van der Waals surface area (Å²) in [6.45, 7) is 7.96. The minimum atomic E-state index is -0.440. The number of hydrogen-bond donors (Lipinski definition) is 2. The van der Waals surface area contributed by atoms with Crippen molar-refractivity contribution in [1.82, 2.24) is 5.32 Å². The van der Waals surface area contributed by atoms with Gasteiger partial charge in [0.05, 0.1) is 5.60 Å². The van der Waals surface area contributed by atoms with Crippen LogP contribution in [0.4, 0.5) is 0 Å². The molecule has 1 saturated heterocycles. The van der Waals surface area contributed by atoms with Gasteiger partial charge in [-0.1, -0.05) is 27.2 Å². The molecule has 4 unspecified atom stereocenters.